The third kappa shape index (κ3) is 3.29. The van der Waals surface area contributed by atoms with Gasteiger partial charge in [0.1, 0.15) is 23.6 Å². The van der Waals surface area contributed by atoms with E-state index in [1.165, 1.54) is 11.3 Å². The molecule has 0 atom stereocenters. The first-order chi connectivity index (χ1) is 14.2. The number of nitrogens with one attached hydrogen (secondary N) is 1. The summed E-state index contributed by atoms with van der Waals surface area (Å²) in [6.45, 7) is 5.62. The van der Waals surface area contributed by atoms with Crippen molar-refractivity contribution in [2.75, 3.05) is 39.3 Å². The molecular weight excluding hydrogens is 390 g/mol. The third-order valence-electron chi connectivity index (χ3n) is 5.26. The second-order valence-corrected chi connectivity index (χ2v) is 7.94. The molecule has 0 radical (unpaired) electrons. The molecule has 1 aliphatic carbocycles. The number of hydrogen-bond donors (Lipinski definition) is 1. The highest BCUT2D eigenvalue weighted by Gasteiger charge is 2.37. The Hall–Kier alpha value is -2.81. The minimum absolute atomic E-state index is 0.0206. The fourth-order valence-electron chi connectivity index (χ4n) is 3.69. The Kier molecular flexibility index (Phi) is 4.75. The molecule has 5 rings (SSSR count). The molecule has 1 N–H and O–H groups in total. The van der Waals surface area contributed by atoms with Crippen LogP contribution in [0.1, 0.15) is 31.4 Å². The second-order valence-electron chi connectivity index (χ2n) is 7.02. The summed E-state index contributed by atoms with van der Waals surface area (Å²) in [5, 5.41) is 9.09. The molecule has 1 aromatic carbocycles. The molecule has 148 valence electrons. The number of fused-ring (bicyclic) bond motifs is 2. The number of hydrogen-bond acceptors (Lipinski definition) is 8. The normalized spacial score (nSPS) is 16.6. The number of rotatable bonds is 5. The van der Waals surface area contributed by atoms with E-state index in [4.69, 9.17) is 9.26 Å². The summed E-state index contributed by atoms with van der Waals surface area (Å²) in [6, 6.07) is 9.01. The van der Waals surface area contributed by atoms with Gasteiger partial charge in [-0.15, -0.1) is 11.3 Å². The van der Waals surface area contributed by atoms with Crippen molar-refractivity contribution in [2.24, 2.45) is 0 Å². The molecule has 3 aromatic rings. The molecule has 2 aliphatic rings. The van der Waals surface area contributed by atoms with E-state index in [0.29, 0.717) is 28.3 Å². The molecule has 8 heteroatoms. The highest BCUT2D eigenvalue weighted by atomic mass is 32.1. The fraction of sp³-hybridized carbons (Fsp3) is 0.286. The van der Waals surface area contributed by atoms with Gasteiger partial charge in [0.05, 0.1) is 4.88 Å². The zero-order valence-corrected chi connectivity index (χ0v) is 16.5. The highest BCUT2D eigenvalue weighted by molar-refractivity contribution is 7.12. The van der Waals surface area contributed by atoms with Crippen LogP contribution in [0.25, 0.3) is 11.3 Å². The van der Waals surface area contributed by atoms with Crippen LogP contribution in [0, 0.1) is 0 Å². The average molecular weight is 409 g/mol. The Bertz CT molecular complexity index is 1060. The number of thiophene rings is 1. The van der Waals surface area contributed by atoms with Crippen LogP contribution in [-0.4, -0.2) is 61.0 Å². The number of aromatic nitrogens is 1. The summed E-state index contributed by atoms with van der Waals surface area (Å²) in [4.78, 5) is 28.2. The minimum Gasteiger partial charge on any atom is -0.492 e. The number of ketones is 2. The van der Waals surface area contributed by atoms with Gasteiger partial charge in [0.25, 0.3) is 0 Å². The van der Waals surface area contributed by atoms with Gasteiger partial charge in [0.15, 0.2) is 0 Å². The number of carbonyl (C=O) groups excluding carboxylic acids is 2. The molecule has 0 unspecified atom stereocenters. The van der Waals surface area contributed by atoms with Gasteiger partial charge in [-0.05, 0) is 35.7 Å². The molecule has 0 amide bonds. The Balaban J connectivity index is 1.31. The van der Waals surface area contributed by atoms with Crippen molar-refractivity contribution in [1.82, 2.24) is 15.4 Å². The number of carbonyl (C=O) groups is 2. The van der Waals surface area contributed by atoms with Crippen LogP contribution in [0.15, 0.2) is 40.2 Å². The van der Waals surface area contributed by atoms with Gasteiger partial charge in [-0.3, -0.25) is 14.5 Å². The van der Waals surface area contributed by atoms with Crippen LogP contribution in [0.5, 0.6) is 5.75 Å². The molecule has 0 bridgehead atoms. The van der Waals surface area contributed by atoms with Crippen molar-refractivity contribution >= 4 is 22.9 Å². The Labute approximate surface area is 171 Å². The van der Waals surface area contributed by atoms with Crippen LogP contribution in [0.4, 0.5) is 0 Å². The van der Waals surface area contributed by atoms with Crippen LogP contribution >= 0.6 is 11.3 Å². The summed E-state index contributed by atoms with van der Waals surface area (Å²) < 4.78 is 11.1. The van der Waals surface area contributed by atoms with Gasteiger partial charge in [-0.2, -0.15) is 0 Å². The van der Waals surface area contributed by atoms with Gasteiger partial charge >= 0.3 is 0 Å². The maximum Gasteiger partial charge on any atom is 0.233 e. The lowest BCUT2D eigenvalue weighted by atomic mass is 9.92. The number of benzene rings is 1. The summed E-state index contributed by atoms with van der Waals surface area (Å²) in [6.07, 6.45) is 0. The van der Waals surface area contributed by atoms with Crippen LogP contribution in [0.3, 0.4) is 0 Å². The molecule has 1 saturated heterocycles. The predicted octanol–water partition coefficient (Wildman–Crippen LogP) is 2.46. The number of ether oxygens (including phenoxy) is 1. The number of piperazine rings is 1. The van der Waals surface area contributed by atoms with E-state index in [2.05, 4.69) is 15.4 Å². The van der Waals surface area contributed by atoms with E-state index in [9.17, 15) is 9.59 Å². The third-order valence-corrected chi connectivity index (χ3v) is 6.17. The SMILES string of the molecule is O=C1c2ccsc2C(=O)c2c(-c3ccc(OCCN4CCNCC4)cc3)noc21. The molecule has 7 nitrogen and oxygen atoms in total. The minimum atomic E-state index is -0.289. The molecule has 29 heavy (non-hydrogen) atoms. The lowest BCUT2D eigenvalue weighted by Crippen LogP contribution is -2.44. The molecular formula is C21H19N3O4S. The van der Waals surface area contributed by atoms with Crippen molar-refractivity contribution in [1.29, 1.82) is 0 Å². The average Bonchev–Trinajstić information content (AvgIpc) is 3.42. The van der Waals surface area contributed by atoms with Crippen LogP contribution in [-0.2, 0) is 0 Å². The maximum absolute atomic E-state index is 12.9. The van der Waals surface area contributed by atoms with Gasteiger partial charge in [-0.25, -0.2) is 0 Å². The molecule has 3 heterocycles. The molecule has 0 spiro atoms. The van der Waals surface area contributed by atoms with Gasteiger partial charge < -0.3 is 14.6 Å². The van der Waals surface area contributed by atoms with E-state index in [1.807, 2.05) is 24.3 Å². The van der Waals surface area contributed by atoms with Gasteiger partial charge in [-0.1, -0.05) is 5.16 Å². The second kappa shape index (κ2) is 7.55. The van der Waals surface area contributed by atoms with Crippen LogP contribution < -0.4 is 10.1 Å². The topological polar surface area (TPSA) is 84.7 Å². The van der Waals surface area contributed by atoms with Crippen molar-refractivity contribution < 1.29 is 18.8 Å². The summed E-state index contributed by atoms with van der Waals surface area (Å²) in [5.41, 5.74) is 1.75. The van der Waals surface area contributed by atoms with Crippen molar-refractivity contribution in [3.05, 3.63) is 57.5 Å². The standard InChI is InChI=1S/C21H19N3O4S/c25-18-15-5-12-29-21(15)19(26)16-17(23-28-20(16)18)13-1-3-14(4-2-13)27-11-10-24-8-6-22-7-9-24/h1-5,12,22H,6-11H2. The number of nitrogens with zero attached hydrogens (tertiary/aromatic N) is 2. The van der Waals surface area contributed by atoms with Crippen molar-refractivity contribution in [2.45, 2.75) is 0 Å². The monoisotopic (exact) mass is 409 g/mol. The molecule has 1 fully saturated rings. The Morgan fingerprint density at radius 1 is 1.10 bits per heavy atom. The van der Waals surface area contributed by atoms with E-state index in [1.54, 1.807) is 11.4 Å². The molecule has 0 saturated carbocycles. The summed E-state index contributed by atoms with van der Waals surface area (Å²) in [5.74, 6) is 0.274. The van der Waals surface area contributed by atoms with E-state index < -0.39 is 0 Å². The Morgan fingerprint density at radius 2 is 1.90 bits per heavy atom. The summed E-state index contributed by atoms with van der Waals surface area (Å²) >= 11 is 1.26. The zero-order valence-electron chi connectivity index (χ0n) is 15.6. The fourth-order valence-corrected chi connectivity index (χ4v) is 4.53. The first kappa shape index (κ1) is 18.2. The Morgan fingerprint density at radius 3 is 2.69 bits per heavy atom. The predicted molar refractivity (Wildman–Crippen MR) is 108 cm³/mol. The van der Waals surface area contributed by atoms with Crippen molar-refractivity contribution in [3.8, 4) is 17.0 Å². The first-order valence-corrected chi connectivity index (χ1v) is 10.4. The van der Waals surface area contributed by atoms with E-state index >= 15 is 0 Å². The van der Waals surface area contributed by atoms with Gasteiger partial charge in [0, 0.05) is 43.9 Å². The van der Waals surface area contributed by atoms with E-state index in [-0.39, 0.29) is 22.9 Å². The largest absolute Gasteiger partial charge is 0.492 e. The van der Waals surface area contributed by atoms with E-state index in [0.717, 1.165) is 38.5 Å². The highest BCUT2D eigenvalue weighted by Crippen LogP contribution is 2.36. The lowest BCUT2D eigenvalue weighted by molar-refractivity contribution is 0.0958. The first-order valence-electron chi connectivity index (χ1n) is 9.55. The quantitative estimate of drug-likeness (QED) is 0.542. The lowest BCUT2D eigenvalue weighted by Gasteiger charge is -2.26. The van der Waals surface area contributed by atoms with Gasteiger partial charge in [0.2, 0.25) is 17.3 Å². The zero-order chi connectivity index (χ0) is 19.8. The molecule has 2 aromatic heterocycles. The maximum atomic E-state index is 12.9. The smallest absolute Gasteiger partial charge is 0.233 e. The summed E-state index contributed by atoms with van der Waals surface area (Å²) in [7, 11) is 0. The van der Waals surface area contributed by atoms with Crippen LogP contribution in [0.2, 0.25) is 0 Å². The van der Waals surface area contributed by atoms with Crippen molar-refractivity contribution in [3.63, 3.8) is 0 Å². The molecule has 1 aliphatic heterocycles.